The van der Waals surface area contributed by atoms with E-state index in [1.54, 1.807) is 19.1 Å². The van der Waals surface area contributed by atoms with E-state index in [-0.39, 0.29) is 5.69 Å². The van der Waals surface area contributed by atoms with E-state index >= 15 is 0 Å². The number of anilines is 2. The smallest absolute Gasteiger partial charge is 0.416 e. The molecule has 1 unspecified atom stereocenters. The molecular formula is C22H23F3N2O5. The van der Waals surface area contributed by atoms with Crippen LogP contribution in [0.15, 0.2) is 40.8 Å². The minimum Gasteiger partial charge on any atom is -0.462 e. The highest BCUT2D eigenvalue weighted by molar-refractivity contribution is 5.99. The number of carbonyl (C=O) groups excluding carboxylic acids is 2. The second-order valence-electron chi connectivity index (χ2n) is 7.18. The van der Waals surface area contributed by atoms with Crippen LogP contribution in [0.25, 0.3) is 6.08 Å². The molecule has 1 N–H and O–H groups in total. The van der Waals surface area contributed by atoms with Crippen LogP contribution in [-0.4, -0.2) is 44.3 Å². The van der Waals surface area contributed by atoms with Gasteiger partial charge in [-0.15, -0.1) is 0 Å². The van der Waals surface area contributed by atoms with E-state index in [2.05, 4.69) is 5.32 Å². The third kappa shape index (κ3) is 6.13. The van der Waals surface area contributed by atoms with Crippen molar-refractivity contribution in [3.63, 3.8) is 0 Å². The number of carbonyl (C=O) groups is 2. The lowest BCUT2D eigenvalue weighted by molar-refractivity contribution is -0.148. The zero-order valence-electron chi connectivity index (χ0n) is 17.6. The van der Waals surface area contributed by atoms with E-state index in [0.29, 0.717) is 43.5 Å². The van der Waals surface area contributed by atoms with Crippen LogP contribution in [0.2, 0.25) is 0 Å². The predicted octanol–water partition coefficient (Wildman–Crippen LogP) is 4.03. The second-order valence-corrected chi connectivity index (χ2v) is 7.18. The lowest BCUT2D eigenvalue weighted by atomic mass is 10.1. The molecule has 0 spiro atoms. The average molecular weight is 452 g/mol. The molecule has 7 nitrogen and oxygen atoms in total. The molecule has 1 atom stereocenters. The fraction of sp³-hybridized carbons (Fsp3) is 0.364. The number of nitrogens with zero attached hydrogens (tertiary/aromatic N) is 1. The van der Waals surface area contributed by atoms with Crippen LogP contribution in [0, 0.1) is 6.92 Å². The highest BCUT2D eigenvalue weighted by Gasteiger charge is 2.32. The zero-order chi connectivity index (χ0) is 23.3. The van der Waals surface area contributed by atoms with Crippen molar-refractivity contribution in [1.82, 2.24) is 0 Å². The molecule has 0 aliphatic carbocycles. The fourth-order valence-electron chi connectivity index (χ4n) is 3.09. The lowest BCUT2D eigenvalue weighted by Crippen LogP contribution is -2.37. The summed E-state index contributed by atoms with van der Waals surface area (Å²) in [6.07, 6.45) is -3.32. The van der Waals surface area contributed by atoms with Crippen LogP contribution in [0.5, 0.6) is 0 Å². The highest BCUT2D eigenvalue weighted by atomic mass is 19.4. The molecule has 1 aromatic carbocycles. The summed E-state index contributed by atoms with van der Waals surface area (Å²) in [6, 6.07) is 6.54. The molecule has 2 aromatic rings. The number of morpholine rings is 1. The van der Waals surface area contributed by atoms with Crippen LogP contribution >= 0.6 is 0 Å². The largest absolute Gasteiger partial charge is 0.462 e. The van der Waals surface area contributed by atoms with E-state index in [1.165, 1.54) is 19.1 Å². The Morgan fingerprint density at radius 1 is 1.19 bits per heavy atom. The Morgan fingerprint density at radius 3 is 2.53 bits per heavy atom. The molecular weight excluding hydrogens is 429 g/mol. The van der Waals surface area contributed by atoms with Gasteiger partial charge in [0.1, 0.15) is 11.5 Å². The number of hydrogen-bond acceptors (Lipinski definition) is 6. The second kappa shape index (κ2) is 9.90. The van der Waals surface area contributed by atoms with Crippen molar-refractivity contribution in [1.29, 1.82) is 0 Å². The Bertz CT molecular complexity index is 994. The van der Waals surface area contributed by atoms with Crippen molar-refractivity contribution in [2.24, 2.45) is 0 Å². The topological polar surface area (TPSA) is 81.0 Å². The number of nitrogens with one attached hydrogen (secondary N) is 1. The fourth-order valence-corrected chi connectivity index (χ4v) is 3.09. The average Bonchev–Trinajstić information content (AvgIpc) is 3.17. The molecule has 1 aliphatic rings. The quantitative estimate of drug-likeness (QED) is 0.527. The molecule has 32 heavy (non-hydrogen) atoms. The van der Waals surface area contributed by atoms with E-state index in [9.17, 15) is 22.8 Å². The summed E-state index contributed by atoms with van der Waals surface area (Å²) in [7, 11) is 0. The number of benzene rings is 1. The number of furan rings is 1. The van der Waals surface area contributed by atoms with Gasteiger partial charge in [-0.3, -0.25) is 4.79 Å². The van der Waals surface area contributed by atoms with Gasteiger partial charge in [-0.2, -0.15) is 13.2 Å². The Hall–Kier alpha value is -3.27. The van der Waals surface area contributed by atoms with Gasteiger partial charge in [0.2, 0.25) is 0 Å². The minimum atomic E-state index is -4.57. The molecule has 3 rings (SSSR count). The van der Waals surface area contributed by atoms with Gasteiger partial charge in [-0.05, 0) is 50.3 Å². The van der Waals surface area contributed by atoms with Crippen LogP contribution in [-0.2, 0) is 25.2 Å². The standard InChI is InChI=1S/C22H23F3N2O5/c1-14-3-5-17(31-14)6-8-20(28)32-15(2)21(29)26-18-13-16(22(23,24)25)4-7-19(18)27-9-11-30-12-10-27/h3-8,13,15H,9-12H2,1-2H3,(H,26,29)/b8-6+. The number of ether oxygens (including phenoxy) is 2. The van der Waals surface area contributed by atoms with Crippen LogP contribution < -0.4 is 10.2 Å². The van der Waals surface area contributed by atoms with Crippen LogP contribution in [0.1, 0.15) is 24.0 Å². The molecule has 0 saturated carbocycles. The van der Waals surface area contributed by atoms with E-state index in [4.69, 9.17) is 13.9 Å². The number of amides is 1. The predicted molar refractivity (Wildman–Crippen MR) is 111 cm³/mol. The third-order valence-electron chi connectivity index (χ3n) is 4.74. The Morgan fingerprint density at radius 2 is 1.91 bits per heavy atom. The molecule has 10 heteroatoms. The Labute approximate surface area is 182 Å². The number of rotatable bonds is 6. The molecule has 1 aliphatic heterocycles. The normalized spacial score (nSPS) is 15.6. The number of hydrogen-bond donors (Lipinski definition) is 1. The van der Waals surface area contributed by atoms with Gasteiger partial charge in [0.15, 0.2) is 6.10 Å². The molecule has 172 valence electrons. The van der Waals surface area contributed by atoms with Gasteiger partial charge in [-0.25, -0.2) is 4.79 Å². The van der Waals surface area contributed by atoms with Crippen LogP contribution in [0.3, 0.4) is 0 Å². The number of esters is 1. The molecule has 1 aromatic heterocycles. The van der Waals surface area contributed by atoms with Crippen molar-refractivity contribution in [3.8, 4) is 0 Å². The number of halogens is 3. The van der Waals surface area contributed by atoms with Crippen molar-refractivity contribution in [3.05, 3.63) is 53.5 Å². The van der Waals surface area contributed by atoms with Crippen molar-refractivity contribution in [2.45, 2.75) is 26.1 Å². The Balaban J connectivity index is 1.71. The molecule has 2 heterocycles. The first-order valence-electron chi connectivity index (χ1n) is 9.93. The molecule has 1 amide bonds. The lowest BCUT2D eigenvalue weighted by Gasteiger charge is -2.31. The molecule has 1 fully saturated rings. The van der Waals surface area contributed by atoms with Crippen molar-refractivity contribution >= 4 is 29.3 Å². The maximum absolute atomic E-state index is 13.2. The van der Waals surface area contributed by atoms with Gasteiger partial charge >= 0.3 is 12.1 Å². The summed E-state index contributed by atoms with van der Waals surface area (Å²) >= 11 is 0. The molecule has 0 bridgehead atoms. The molecule has 1 saturated heterocycles. The summed E-state index contributed by atoms with van der Waals surface area (Å²) in [5, 5.41) is 2.46. The van der Waals surface area contributed by atoms with Crippen LogP contribution in [0.4, 0.5) is 24.5 Å². The summed E-state index contributed by atoms with van der Waals surface area (Å²) in [5.74, 6) is -0.438. The van der Waals surface area contributed by atoms with Gasteiger partial charge < -0.3 is 24.1 Å². The number of aryl methyl sites for hydroxylation is 1. The van der Waals surface area contributed by atoms with Gasteiger partial charge in [0.25, 0.3) is 5.91 Å². The van der Waals surface area contributed by atoms with Gasteiger partial charge in [0.05, 0.1) is 30.2 Å². The summed E-state index contributed by atoms with van der Waals surface area (Å²) in [4.78, 5) is 26.4. The maximum atomic E-state index is 13.2. The summed E-state index contributed by atoms with van der Waals surface area (Å²) in [6.45, 7) is 4.86. The third-order valence-corrected chi connectivity index (χ3v) is 4.74. The summed E-state index contributed by atoms with van der Waals surface area (Å²) < 4.78 is 55.3. The van der Waals surface area contributed by atoms with Gasteiger partial charge in [0, 0.05) is 19.2 Å². The van der Waals surface area contributed by atoms with Gasteiger partial charge in [-0.1, -0.05) is 0 Å². The summed E-state index contributed by atoms with van der Waals surface area (Å²) in [5.41, 5.74) is -0.483. The first-order chi connectivity index (χ1) is 15.1. The molecule has 0 radical (unpaired) electrons. The monoisotopic (exact) mass is 452 g/mol. The minimum absolute atomic E-state index is 0.0174. The van der Waals surface area contributed by atoms with E-state index in [1.807, 2.05) is 4.90 Å². The zero-order valence-corrected chi connectivity index (χ0v) is 17.6. The van der Waals surface area contributed by atoms with E-state index in [0.717, 1.165) is 18.2 Å². The number of alkyl halides is 3. The Kier molecular flexibility index (Phi) is 7.24. The highest BCUT2D eigenvalue weighted by Crippen LogP contribution is 2.35. The van der Waals surface area contributed by atoms with E-state index < -0.39 is 29.7 Å². The first kappa shape index (κ1) is 23.4. The van der Waals surface area contributed by atoms with Crippen molar-refractivity contribution in [2.75, 3.05) is 36.5 Å². The first-order valence-corrected chi connectivity index (χ1v) is 9.93. The van der Waals surface area contributed by atoms with Crippen molar-refractivity contribution < 1.29 is 36.7 Å². The maximum Gasteiger partial charge on any atom is 0.416 e. The SMILES string of the molecule is Cc1ccc(/C=C/C(=O)OC(C)C(=O)Nc2cc(C(F)(F)F)ccc2N2CCOCC2)o1.